The second-order valence-corrected chi connectivity index (χ2v) is 26.7. The van der Waals surface area contributed by atoms with Crippen LogP contribution in [0.15, 0.2) is 322 Å². The van der Waals surface area contributed by atoms with Crippen molar-refractivity contribution in [3.63, 3.8) is 0 Å². The van der Waals surface area contributed by atoms with Crippen LogP contribution >= 0.6 is 0 Å². The van der Waals surface area contributed by atoms with Gasteiger partial charge in [0.2, 0.25) is 0 Å². The maximum absolute atomic E-state index is 2.69. The highest BCUT2D eigenvalue weighted by Gasteiger charge is 2.46. The molecule has 3 heterocycles. The van der Waals surface area contributed by atoms with Crippen LogP contribution in [0.2, 0.25) is 0 Å². The molecule has 0 bridgehead atoms. The minimum absolute atomic E-state index is 0.220. The van der Waals surface area contributed by atoms with Gasteiger partial charge in [-0.05, 0) is 158 Å². The first-order valence-corrected chi connectivity index (χ1v) is 32.9. The summed E-state index contributed by atoms with van der Waals surface area (Å²) in [5.41, 5.74) is 26.7. The van der Waals surface area contributed by atoms with Crippen molar-refractivity contribution in [2.45, 2.75) is 26.2 Å². The van der Waals surface area contributed by atoms with Crippen molar-refractivity contribution in [3.05, 3.63) is 327 Å². The molecule has 19 rings (SSSR count). The van der Waals surface area contributed by atoms with Gasteiger partial charge in [-0.1, -0.05) is 288 Å². The molecule has 2 aliphatic heterocycles. The van der Waals surface area contributed by atoms with Crippen LogP contribution < -0.4 is 26.2 Å². The van der Waals surface area contributed by atoms with Crippen molar-refractivity contribution >= 4 is 122 Å². The Morgan fingerprint density at radius 3 is 1.22 bits per heavy atom. The average molecular weight is 1200 g/mol. The van der Waals surface area contributed by atoms with Crippen molar-refractivity contribution in [2.75, 3.05) is 9.80 Å². The standard InChI is InChI=1S/C90H62BN3/c1-90(2,3)65-54-83-87-84(55-65)94(89-69(59-29-12-6-13-30-59)40-24-41-70(89)60-31-14-7-15-32-60)82-56-66(92-79-45-18-16-36-71(79)72-37-17-19-46-80(72)92)48-49-77(82)91(87)78-53-62(64-51-63-35-22-43-74-73-42-20-33-61-34-21-44-75(85(61)73)76(52-64)86(63)74)47-50-81(78)93(83)88-67(57-25-8-4-9-26-57)38-23-39-68(88)58-27-10-5-11-28-58/h4-56H,1-3H3. The van der Waals surface area contributed by atoms with Gasteiger partial charge in [-0.15, -0.1) is 0 Å². The molecule has 0 fully saturated rings. The zero-order valence-corrected chi connectivity index (χ0v) is 52.5. The van der Waals surface area contributed by atoms with E-state index in [1.165, 1.54) is 104 Å². The van der Waals surface area contributed by atoms with Crippen LogP contribution in [-0.4, -0.2) is 11.3 Å². The highest BCUT2D eigenvalue weighted by atomic mass is 15.2. The highest BCUT2D eigenvalue weighted by Crippen LogP contribution is 2.54. The van der Waals surface area contributed by atoms with Crippen LogP contribution in [0.1, 0.15) is 26.3 Å². The van der Waals surface area contributed by atoms with E-state index in [9.17, 15) is 0 Å². The summed E-state index contributed by atoms with van der Waals surface area (Å²) in [5.74, 6) is 0. The van der Waals surface area contributed by atoms with E-state index in [0.29, 0.717) is 0 Å². The third kappa shape index (κ3) is 8.19. The van der Waals surface area contributed by atoms with E-state index in [1.54, 1.807) is 0 Å². The molecule has 3 nitrogen and oxygen atoms in total. The van der Waals surface area contributed by atoms with Gasteiger partial charge in [-0.2, -0.15) is 0 Å². The fourth-order valence-electron chi connectivity index (χ4n) is 16.2. The molecule has 440 valence electrons. The van der Waals surface area contributed by atoms with Gasteiger partial charge in [-0.25, -0.2) is 0 Å². The molecule has 0 atom stereocenters. The minimum atomic E-state index is -0.281. The van der Waals surface area contributed by atoms with Crippen molar-refractivity contribution in [3.8, 4) is 61.3 Å². The normalized spacial score (nSPS) is 12.8. The Labute approximate surface area is 547 Å². The first-order chi connectivity index (χ1) is 46.3. The van der Waals surface area contributed by atoms with Crippen LogP contribution in [0, 0.1) is 0 Å². The Balaban J connectivity index is 0.973. The summed E-state index contributed by atoms with van der Waals surface area (Å²) in [7, 11) is 0. The number of nitrogens with zero attached hydrogens (tertiary/aromatic N) is 3. The van der Waals surface area contributed by atoms with E-state index in [0.717, 1.165) is 78.6 Å². The lowest BCUT2D eigenvalue weighted by molar-refractivity contribution is 0.590. The number of para-hydroxylation sites is 4. The van der Waals surface area contributed by atoms with Crippen LogP contribution in [0.25, 0.3) is 126 Å². The molecule has 0 N–H and O–H groups in total. The molecule has 94 heavy (non-hydrogen) atoms. The number of hydrogen-bond acceptors (Lipinski definition) is 2. The van der Waals surface area contributed by atoms with E-state index in [4.69, 9.17) is 0 Å². The maximum atomic E-state index is 2.69. The average Bonchev–Trinajstić information content (AvgIpc) is 0.737. The van der Waals surface area contributed by atoms with Crippen LogP contribution in [0.5, 0.6) is 0 Å². The number of rotatable bonds is 8. The number of aromatic nitrogens is 1. The lowest BCUT2D eigenvalue weighted by Gasteiger charge is -2.46. The first-order valence-electron chi connectivity index (χ1n) is 32.9. The Bertz CT molecular complexity index is 5730. The third-order valence-corrected chi connectivity index (χ3v) is 20.4. The predicted octanol–water partition coefficient (Wildman–Crippen LogP) is 22.5. The van der Waals surface area contributed by atoms with Gasteiger partial charge >= 0.3 is 0 Å². The Kier molecular flexibility index (Phi) is 12.0. The molecule has 0 aliphatic carbocycles. The first kappa shape index (κ1) is 54.1. The number of benzene rings is 16. The van der Waals surface area contributed by atoms with Crippen LogP contribution in [-0.2, 0) is 5.41 Å². The fraction of sp³-hybridized carbons (Fsp3) is 0.0444. The summed E-state index contributed by atoms with van der Waals surface area (Å²) in [4.78, 5) is 5.37. The highest BCUT2D eigenvalue weighted by molar-refractivity contribution is 7.00. The second kappa shape index (κ2) is 20.9. The van der Waals surface area contributed by atoms with E-state index >= 15 is 0 Å². The molecule has 17 aromatic rings. The van der Waals surface area contributed by atoms with Crippen molar-refractivity contribution in [1.82, 2.24) is 4.57 Å². The predicted molar refractivity (Wildman–Crippen MR) is 402 cm³/mol. The molecule has 0 spiro atoms. The van der Waals surface area contributed by atoms with Gasteiger partial charge in [0.05, 0.1) is 22.4 Å². The molecule has 2 aliphatic rings. The van der Waals surface area contributed by atoms with Gasteiger partial charge in [0.15, 0.2) is 0 Å². The zero-order valence-electron chi connectivity index (χ0n) is 52.5. The topological polar surface area (TPSA) is 11.4 Å². The van der Waals surface area contributed by atoms with Gasteiger partial charge in [0.1, 0.15) is 0 Å². The summed E-state index contributed by atoms with van der Waals surface area (Å²) >= 11 is 0. The van der Waals surface area contributed by atoms with Gasteiger partial charge in [0, 0.05) is 61.5 Å². The number of hydrogen-bond donors (Lipinski definition) is 0. The molecule has 4 heteroatoms. The quantitative estimate of drug-likeness (QED) is 0.0853. The lowest BCUT2D eigenvalue weighted by atomic mass is 9.33. The number of fused-ring (bicyclic) bond motifs is 9. The third-order valence-electron chi connectivity index (χ3n) is 20.4. The second-order valence-electron chi connectivity index (χ2n) is 26.7. The van der Waals surface area contributed by atoms with E-state index in [-0.39, 0.29) is 12.1 Å². The molecule has 0 saturated heterocycles. The monoisotopic (exact) mass is 1200 g/mol. The fourth-order valence-corrected chi connectivity index (χ4v) is 16.2. The van der Waals surface area contributed by atoms with Gasteiger partial charge < -0.3 is 14.4 Å². The van der Waals surface area contributed by atoms with E-state index in [1.807, 2.05) is 0 Å². The summed E-state index contributed by atoms with van der Waals surface area (Å²) in [5, 5.41) is 12.8. The molecule has 1 aromatic heterocycles. The smallest absolute Gasteiger partial charge is 0.252 e. The van der Waals surface area contributed by atoms with Crippen molar-refractivity contribution < 1.29 is 0 Å². The van der Waals surface area contributed by atoms with E-state index in [2.05, 4.69) is 357 Å². The van der Waals surface area contributed by atoms with Crippen LogP contribution in [0.4, 0.5) is 34.1 Å². The summed E-state index contributed by atoms with van der Waals surface area (Å²) < 4.78 is 2.49. The van der Waals surface area contributed by atoms with E-state index < -0.39 is 0 Å². The molecule has 0 saturated carbocycles. The zero-order chi connectivity index (χ0) is 62.3. The number of anilines is 6. The summed E-state index contributed by atoms with van der Waals surface area (Å²) in [6, 6.07) is 121. The van der Waals surface area contributed by atoms with Gasteiger partial charge in [0.25, 0.3) is 6.71 Å². The largest absolute Gasteiger partial charge is 0.310 e. The maximum Gasteiger partial charge on any atom is 0.252 e. The molecule has 0 unspecified atom stereocenters. The van der Waals surface area contributed by atoms with Crippen LogP contribution in [0.3, 0.4) is 0 Å². The lowest BCUT2D eigenvalue weighted by Crippen LogP contribution is -2.61. The summed E-state index contributed by atoms with van der Waals surface area (Å²) in [6.07, 6.45) is 0. The SMILES string of the molecule is CC(C)(C)c1cc2c3c(c1)N(c1c(-c4ccccc4)cccc1-c1ccccc1)c1cc(-n4c5ccccc5c5ccccc54)ccc1B3c1cc(-c3cc4cccc5c6cccc7cccc(c(c3)c45)c76)ccc1N2c1c(-c2ccccc2)cccc1-c1ccccc1. The molecular formula is C90H62BN3. The summed E-state index contributed by atoms with van der Waals surface area (Å²) in [6.45, 7) is 6.93. The Hall–Kier alpha value is -11.7. The van der Waals surface area contributed by atoms with Crippen molar-refractivity contribution in [1.29, 1.82) is 0 Å². The minimum Gasteiger partial charge on any atom is -0.310 e. The Morgan fingerprint density at radius 1 is 0.277 bits per heavy atom. The molecule has 0 amide bonds. The molecule has 0 radical (unpaired) electrons. The van der Waals surface area contributed by atoms with Gasteiger partial charge in [-0.3, -0.25) is 0 Å². The van der Waals surface area contributed by atoms with Crippen molar-refractivity contribution in [2.24, 2.45) is 0 Å². The molecular weight excluding hydrogens is 1130 g/mol. The molecule has 16 aromatic carbocycles. The Morgan fingerprint density at radius 2 is 0.713 bits per heavy atom.